The van der Waals surface area contributed by atoms with Gasteiger partial charge in [0.05, 0.1) is 12.4 Å². The van der Waals surface area contributed by atoms with Crippen LogP contribution in [0, 0.1) is 0 Å². The third-order valence-electron chi connectivity index (χ3n) is 3.63. The quantitative estimate of drug-likeness (QED) is 0.421. The smallest absolute Gasteiger partial charge is 0.0568 e. The number of H-pyrrole nitrogens is 2. The average molecular weight is 286 g/mol. The van der Waals surface area contributed by atoms with Gasteiger partial charge in [0.2, 0.25) is 0 Å². The summed E-state index contributed by atoms with van der Waals surface area (Å²) in [5.41, 5.74) is 4.32. The molecule has 4 nitrogen and oxygen atoms in total. The number of hydrogen-bond acceptors (Lipinski definition) is 2. The van der Waals surface area contributed by atoms with Crippen LogP contribution in [0.15, 0.2) is 71.1 Å². The van der Waals surface area contributed by atoms with Crippen LogP contribution >= 0.6 is 0 Å². The molecule has 0 fully saturated rings. The molecule has 22 heavy (non-hydrogen) atoms. The molecule has 4 heteroatoms. The van der Waals surface area contributed by atoms with Crippen molar-refractivity contribution in [3.05, 3.63) is 72.1 Å². The van der Waals surface area contributed by atoms with Crippen molar-refractivity contribution in [2.45, 2.75) is 0 Å². The van der Waals surface area contributed by atoms with Gasteiger partial charge in [0, 0.05) is 23.4 Å². The Morgan fingerprint density at radius 3 is 1.64 bits per heavy atom. The predicted molar refractivity (Wildman–Crippen MR) is 91.8 cm³/mol. The maximum Gasteiger partial charge on any atom is 0.0568 e. The Labute approximate surface area is 127 Å². The van der Waals surface area contributed by atoms with E-state index in [0.29, 0.717) is 0 Å². The van der Waals surface area contributed by atoms with Crippen LogP contribution in [0.1, 0.15) is 11.1 Å². The van der Waals surface area contributed by atoms with Gasteiger partial charge in [-0.25, -0.2) is 0 Å². The third-order valence-corrected chi connectivity index (χ3v) is 3.63. The summed E-state index contributed by atoms with van der Waals surface area (Å²) in [6, 6.07) is 16.4. The van der Waals surface area contributed by atoms with Gasteiger partial charge >= 0.3 is 0 Å². The van der Waals surface area contributed by atoms with Gasteiger partial charge in [0.25, 0.3) is 0 Å². The van der Waals surface area contributed by atoms with Crippen molar-refractivity contribution < 1.29 is 0 Å². The highest BCUT2D eigenvalue weighted by Crippen LogP contribution is 2.14. The van der Waals surface area contributed by atoms with Gasteiger partial charge < -0.3 is 9.97 Å². The van der Waals surface area contributed by atoms with Crippen LogP contribution in [0.4, 0.5) is 0 Å². The first-order chi connectivity index (χ1) is 10.9. The Morgan fingerprint density at radius 2 is 1.14 bits per heavy atom. The lowest BCUT2D eigenvalue weighted by Gasteiger charge is -1.93. The molecule has 0 bridgehead atoms. The Kier molecular flexibility index (Phi) is 3.05. The summed E-state index contributed by atoms with van der Waals surface area (Å²) in [6.45, 7) is 0. The second-order valence-corrected chi connectivity index (χ2v) is 5.14. The topological polar surface area (TPSA) is 56.3 Å². The molecular formula is C18H14N4. The molecule has 106 valence electrons. The molecule has 0 aliphatic carbocycles. The van der Waals surface area contributed by atoms with Gasteiger partial charge in [-0.05, 0) is 58.3 Å². The Bertz CT molecular complexity index is 906. The van der Waals surface area contributed by atoms with Gasteiger partial charge in [-0.2, -0.15) is 10.2 Å². The first-order valence-corrected chi connectivity index (χ1v) is 7.09. The van der Waals surface area contributed by atoms with E-state index in [-0.39, 0.29) is 0 Å². The van der Waals surface area contributed by atoms with Crippen LogP contribution in [0.25, 0.3) is 21.8 Å². The van der Waals surface area contributed by atoms with Gasteiger partial charge in [-0.1, -0.05) is 12.1 Å². The molecule has 0 atom stereocenters. The van der Waals surface area contributed by atoms with Gasteiger partial charge in [-0.3, -0.25) is 0 Å². The number of fused-ring (bicyclic) bond motifs is 2. The van der Waals surface area contributed by atoms with Gasteiger partial charge in [-0.15, -0.1) is 0 Å². The van der Waals surface area contributed by atoms with Gasteiger partial charge in [0.1, 0.15) is 0 Å². The molecule has 0 saturated heterocycles. The molecule has 0 spiro atoms. The summed E-state index contributed by atoms with van der Waals surface area (Å²) in [7, 11) is 0. The van der Waals surface area contributed by atoms with E-state index in [1.54, 1.807) is 12.4 Å². The van der Waals surface area contributed by atoms with E-state index in [9.17, 15) is 0 Å². The monoisotopic (exact) mass is 286 g/mol. The SMILES string of the molecule is C(=N\N=C\c1ccc2[nH]ccc2c1)/c1ccc2[nH]ccc2c1. The van der Waals surface area contributed by atoms with Crippen LogP contribution in [0.3, 0.4) is 0 Å². The molecule has 2 N–H and O–H groups in total. The molecule has 0 amide bonds. The molecule has 2 aromatic carbocycles. The van der Waals surface area contributed by atoms with Crippen LogP contribution in [0.5, 0.6) is 0 Å². The number of aromatic nitrogens is 2. The number of nitrogens with zero attached hydrogens (tertiary/aromatic N) is 2. The number of benzene rings is 2. The third kappa shape index (κ3) is 2.42. The molecule has 2 aromatic heterocycles. The van der Waals surface area contributed by atoms with E-state index in [1.807, 2.05) is 48.8 Å². The van der Waals surface area contributed by atoms with E-state index in [2.05, 4.69) is 32.3 Å². The van der Waals surface area contributed by atoms with E-state index < -0.39 is 0 Å². The number of rotatable bonds is 3. The van der Waals surface area contributed by atoms with Crippen molar-refractivity contribution in [3.8, 4) is 0 Å². The molecule has 2 heterocycles. The molecular weight excluding hydrogens is 272 g/mol. The Hall–Kier alpha value is -3.14. The van der Waals surface area contributed by atoms with Crippen LogP contribution in [-0.2, 0) is 0 Å². The van der Waals surface area contributed by atoms with Crippen molar-refractivity contribution in [1.82, 2.24) is 9.97 Å². The van der Waals surface area contributed by atoms with E-state index in [0.717, 1.165) is 22.2 Å². The maximum atomic E-state index is 4.12. The van der Waals surface area contributed by atoms with Crippen LogP contribution in [-0.4, -0.2) is 22.4 Å². The average Bonchev–Trinajstić information content (AvgIpc) is 3.19. The normalized spacial score (nSPS) is 12.2. The summed E-state index contributed by atoms with van der Waals surface area (Å²) < 4.78 is 0. The molecule has 4 aromatic rings. The lowest BCUT2D eigenvalue weighted by molar-refractivity contribution is 1.27. The minimum atomic E-state index is 1.03. The maximum absolute atomic E-state index is 4.12. The van der Waals surface area contributed by atoms with Crippen molar-refractivity contribution in [2.75, 3.05) is 0 Å². The minimum absolute atomic E-state index is 1.03. The first kappa shape index (κ1) is 12.6. The predicted octanol–water partition coefficient (Wildman–Crippen LogP) is 4.10. The highest BCUT2D eigenvalue weighted by molar-refractivity contribution is 5.91. The molecule has 0 aliphatic heterocycles. The zero-order chi connectivity index (χ0) is 14.8. The zero-order valence-corrected chi connectivity index (χ0v) is 11.8. The van der Waals surface area contributed by atoms with Crippen molar-refractivity contribution in [3.63, 3.8) is 0 Å². The zero-order valence-electron chi connectivity index (χ0n) is 11.8. The largest absolute Gasteiger partial charge is 0.361 e. The van der Waals surface area contributed by atoms with Crippen LogP contribution in [0.2, 0.25) is 0 Å². The standard InChI is InChI=1S/C18H14N4/c1-3-17-15(5-7-19-17)9-13(1)11-21-22-12-14-2-4-18-16(10-14)6-8-20-18/h1-12,19-20H/b21-11+,22-12+. The second kappa shape index (κ2) is 5.33. The van der Waals surface area contributed by atoms with Crippen LogP contribution < -0.4 is 0 Å². The van der Waals surface area contributed by atoms with Gasteiger partial charge in [0.15, 0.2) is 0 Å². The number of hydrogen-bond donors (Lipinski definition) is 2. The lowest BCUT2D eigenvalue weighted by Crippen LogP contribution is -1.82. The number of aromatic amines is 2. The fourth-order valence-corrected chi connectivity index (χ4v) is 2.50. The highest BCUT2D eigenvalue weighted by atomic mass is 15.2. The fraction of sp³-hybridized carbons (Fsp3) is 0. The van der Waals surface area contributed by atoms with Crippen molar-refractivity contribution in [1.29, 1.82) is 0 Å². The van der Waals surface area contributed by atoms with Crippen molar-refractivity contribution >= 4 is 34.2 Å². The first-order valence-electron chi connectivity index (χ1n) is 7.09. The Balaban J connectivity index is 1.52. The van der Waals surface area contributed by atoms with E-state index >= 15 is 0 Å². The summed E-state index contributed by atoms with van der Waals surface area (Å²) in [4.78, 5) is 6.34. The fourth-order valence-electron chi connectivity index (χ4n) is 2.50. The minimum Gasteiger partial charge on any atom is -0.361 e. The molecule has 4 rings (SSSR count). The van der Waals surface area contributed by atoms with E-state index in [4.69, 9.17) is 0 Å². The second-order valence-electron chi connectivity index (χ2n) is 5.14. The van der Waals surface area contributed by atoms with E-state index in [1.165, 1.54) is 10.8 Å². The Morgan fingerprint density at radius 1 is 0.636 bits per heavy atom. The summed E-state index contributed by atoms with van der Waals surface area (Å²) in [5.74, 6) is 0. The molecule has 0 radical (unpaired) electrons. The summed E-state index contributed by atoms with van der Waals surface area (Å²) in [6.07, 6.45) is 7.39. The summed E-state index contributed by atoms with van der Waals surface area (Å²) >= 11 is 0. The lowest BCUT2D eigenvalue weighted by atomic mass is 10.2. The van der Waals surface area contributed by atoms with Crippen molar-refractivity contribution in [2.24, 2.45) is 10.2 Å². The number of nitrogens with one attached hydrogen (secondary N) is 2. The molecule has 0 aliphatic rings. The summed E-state index contributed by atoms with van der Waals surface area (Å²) in [5, 5.41) is 10.6. The highest BCUT2D eigenvalue weighted by Gasteiger charge is 1.95. The molecule has 0 saturated carbocycles. The molecule has 0 unspecified atom stereocenters.